The number of carbonyl (C=O) groups is 2. The Bertz CT molecular complexity index is 759. The van der Waals surface area contributed by atoms with Gasteiger partial charge in [0, 0.05) is 13.1 Å². The summed E-state index contributed by atoms with van der Waals surface area (Å²) >= 11 is 0. The number of hydrogen-bond donors (Lipinski definition) is 2. The molecule has 2 N–H and O–H groups in total. The highest BCUT2D eigenvalue weighted by atomic mass is 16.5. The summed E-state index contributed by atoms with van der Waals surface area (Å²) in [6.07, 6.45) is 0. The van der Waals surface area contributed by atoms with Gasteiger partial charge in [0.2, 0.25) is 0 Å². The van der Waals surface area contributed by atoms with Crippen LogP contribution in [0.2, 0.25) is 0 Å². The average Bonchev–Trinajstić information content (AvgIpc) is 2.67. The zero-order valence-electron chi connectivity index (χ0n) is 15.2. The standard InChI is InChI=1S/C20H24N2O4/c1-4-22(14(2)17-6-5-7-18(12-17)26-3)20(25)21-13-15-8-10-16(11-9-15)19(23)24/h5-12,14H,4,13H2,1-3H3,(H,21,25)(H,23,24). The molecular formula is C20H24N2O4. The molecular weight excluding hydrogens is 332 g/mol. The Morgan fingerprint density at radius 2 is 1.88 bits per heavy atom. The molecule has 0 aliphatic carbocycles. The fraction of sp³-hybridized carbons (Fsp3) is 0.300. The maximum atomic E-state index is 12.6. The van der Waals surface area contributed by atoms with Crippen LogP contribution in [0.1, 0.15) is 41.4 Å². The topological polar surface area (TPSA) is 78.9 Å². The molecule has 0 fully saturated rings. The van der Waals surface area contributed by atoms with Gasteiger partial charge in [-0.3, -0.25) is 0 Å². The van der Waals surface area contributed by atoms with E-state index in [1.54, 1.807) is 24.1 Å². The van der Waals surface area contributed by atoms with E-state index in [1.807, 2.05) is 38.1 Å². The lowest BCUT2D eigenvalue weighted by Gasteiger charge is -2.28. The molecule has 0 spiro atoms. The van der Waals surface area contributed by atoms with E-state index in [0.29, 0.717) is 13.1 Å². The second-order valence-corrected chi connectivity index (χ2v) is 5.90. The molecule has 2 rings (SSSR count). The number of ether oxygens (including phenoxy) is 1. The number of carboxylic acid groups (broad SMARTS) is 1. The van der Waals surface area contributed by atoms with Gasteiger partial charge in [-0.2, -0.15) is 0 Å². The van der Waals surface area contributed by atoms with Crippen molar-refractivity contribution in [1.29, 1.82) is 0 Å². The number of nitrogens with zero attached hydrogens (tertiary/aromatic N) is 1. The van der Waals surface area contributed by atoms with Crippen molar-refractivity contribution >= 4 is 12.0 Å². The van der Waals surface area contributed by atoms with Crippen LogP contribution in [0.4, 0.5) is 4.79 Å². The van der Waals surface area contributed by atoms with Crippen molar-refractivity contribution in [2.75, 3.05) is 13.7 Å². The number of amides is 2. The van der Waals surface area contributed by atoms with Crippen LogP contribution in [-0.2, 0) is 6.54 Å². The van der Waals surface area contributed by atoms with E-state index in [2.05, 4.69) is 5.32 Å². The Morgan fingerprint density at radius 3 is 2.46 bits per heavy atom. The molecule has 1 atom stereocenters. The largest absolute Gasteiger partial charge is 0.497 e. The van der Waals surface area contributed by atoms with Crippen LogP contribution in [0.15, 0.2) is 48.5 Å². The summed E-state index contributed by atoms with van der Waals surface area (Å²) in [5.74, 6) is -0.214. The van der Waals surface area contributed by atoms with Crippen LogP contribution < -0.4 is 10.1 Å². The van der Waals surface area contributed by atoms with Gasteiger partial charge in [0.25, 0.3) is 0 Å². The van der Waals surface area contributed by atoms with Crippen molar-refractivity contribution in [1.82, 2.24) is 10.2 Å². The van der Waals surface area contributed by atoms with Crippen LogP contribution in [0, 0.1) is 0 Å². The lowest BCUT2D eigenvalue weighted by Crippen LogP contribution is -2.41. The quantitative estimate of drug-likeness (QED) is 0.793. The van der Waals surface area contributed by atoms with Crippen molar-refractivity contribution in [2.24, 2.45) is 0 Å². The third-order valence-electron chi connectivity index (χ3n) is 4.29. The number of carboxylic acids is 1. The van der Waals surface area contributed by atoms with Crippen molar-refractivity contribution in [3.63, 3.8) is 0 Å². The van der Waals surface area contributed by atoms with Crippen molar-refractivity contribution in [2.45, 2.75) is 26.4 Å². The Balaban J connectivity index is 2.02. The molecule has 0 bridgehead atoms. The van der Waals surface area contributed by atoms with Crippen LogP contribution in [-0.4, -0.2) is 35.7 Å². The Hall–Kier alpha value is -3.02. The number of carbonyl (C=O) groups excluding carboxylic acids is 1. The summed E-state index contributed by atoms with van der Waals surface area (Å²) in [6.45, 7) is 4.79. The van der Waals surface area contributed by atoms with E-state index in [9.17, 15) is 9.59 Å². The summed E-state index contributed by atoms with van der Waals surface area (Å²) in [7, 11) is 1.61. The predicted octanol–water partition coefficient (Wildman–Crippen LogP) is 3.69. The molecule has 0 saturated heterocycles. The first kappa shape index (κ1) is 19.3. The molecule has 0 aliphatic heterocycles. The molecule has 26 heavy (non-hydrogen) atoms. The van der Waals surface area contributed by atoms with Crippen LogP contribution in [0.5, 0.6) is 5.75 Å². The minimum Gasteiger partial charge on any atom is -0.497 e. The highest BCUT2D eigenvalue weighted by Crippen LogP contribution is 2.23. The van der Waals surface area contributed by atoms with Gasteiger partial charge in [0.15, 0.2) is 0 Å². The second-order valence-electron chi connectivity index (χ2n) is 5.90. The van der Waals surface area contributed by atoms with Gasteiger partial charge < -0.3 is 20.1 Å². The minimum atomic E-state index is -0.968. The van der Waals surface area contributed by atoms with Gasteiger partial charge in [-0.25, -0.2) is 9.59 Å². The number of methoxy groups -OCH3 is 1. The fourth-order valence-electron chi connectivity index (χ4n) is 2.72. The zero-order chi connectivity index (χ0) is 19.1. The van der Waals surface area contributed by atoms with Gasteiger partial charge >= 0.3 is 12.0 Å². The smallest absolute Gasteiger partial charge is 0.335 e. The lowest BCUT2D eigenvalue weighted by atomic mass is 10.1. The van der Waals surface area contributed by atoms with Gasteiger partial charge in [-0.15, -0.1) is 0 Å². The van der Waals surface area contributed by atoms with E-state index in [-0.39, 0.29) is 17.6 Å². The molecule has 2 aromatic rings. The van der Waals surface area contributed by atoms with Crippen molar-refractivity contribution < 1.29 is 19.4 Å². The van der Waals surface area contributed by atoms with Gasteiger partial charge in [-0.1, -0.05) is 24.3 Å². The van der Waals surface area contributed by atoms with Crippen LogP contribution in [0.25, 0.3) is 0 Å². The monoisotopic (exact) mass is 356 g/mol. The third-order valence-corrected chi connectivity index (χ3v) is 4.29. The number of benzene rings is 2. The predicted molar refractivity (Wildman–Crippen MR) is 99.4 cm³/mol. The van der Waals surface area contributed by atoms with Crippen molar-refractivity contribution in [3.05, 3.63) is 65.2 Å². The normalized spacial score (nSPS) is 11.5. The van der Waals surface area contributed by atoms with E-state index in [0.717, 1.165) is 16.9 Å². The van der Waals surface area contributed by atoms with E-state index in [4.69, 9.17) is 9.84 Å². The first-order valence-electron chi connectivity index (χ1n) is 8.47. The summed E-state index contributed by atoms with van der Waals surface area (Å²) in [6, 6.07) is 13.8. The molecule has 2 aromatic carbocycles. The van der Waals surface area contributed by atoms with E-state index < -0.39 is 5.97 Å². The number of rotatable bonds is 7. The Kier molecular flexibility index (Phi) is 6.60. The molecule has 0 radical (unpaired) electrons. The lowest BCUT2D eigenvalue weighted by molar-refractivity contribution is 0.0697. The second kappa shape index (κ2) is 8.89. The fourth-order valence-corrected chi connectivity index (χ4v) is 2.72. The maximum absolute atomic E-state index is 12.6. The molecule has 6 heteroatoms. The van der Waals surface area contributed by atoms with Crippen LogP contribution >= 0.6 is 0 Å². The van der Waals surface area contributed by atoms with Gasteiger partial charge in [0.05, 0.1) is 18.7 Å². The highest BCUT2D eigenvalue weighted by Gasteiger charge is 2.20. The molecule has 138 valence electrons. The van der Waals surface area contributed by atoms with Gasteiger partial charge in [0.1, 0.15) is 5.75 Å². The SMILES string of the molecule is CCN(C(=O)NCc1ccc(C(=O)O)cc1)C(C)c1cccc(OC)c1. The highest BCUT2D eigenvalue weighted by molar-refractivity contribution is 5.87. The average molecular weight is 356 g/mol. The summed E-state index contributed by atoms with van der Waals surface area (Å²) in [5.41, 5.74) is 2.06. The minimum absolute atomic E-state index is 0.107. The maximum Gasteiger partial charge on any atom is 0.335 e. The van der Waals surface area contributed by atoms with Gasteiger partial charge in [-0.05, 0) is 49.2 Å². The molecule has 0 heterocycles. The van der Waals surface area contributed by atoms with Crippen molar-refractivity contribution in [3.8, 4) is 5.75 Å². The first-order valence-corrected chi connectivity index (χ1v) is 8.47. The third kappa shape index (κ3) is 4.75. The Labute approximate surface area is 153 Å². The summed E-state index contributed by atoms with van der Waals surface area (Å²) in [5, 5.41) is 11.8. The van der Waals surface area contributed by atoms with E-state index >= 15 is 0 Å². The molecule has 2 amide bonds. The number of nitrogens with one attached hydrogen (secondary N) is 1. The number of urea groups is 1. The first-order chi connectivity index (χ1) is 12.5. The number of aromatic carboxylic acids is 1. The Morgan fingerprint density at radius 1 is 1.19 bits per heavy atom. The zero-order valence-corrected chi connectivity index (χ0v) is 15.2. The summed E-state index contributed by atoms with van der Waals surface area (Å²) < 4.78 is 5.25. The van der Waals surface area contributed by atoms with E-state index in [1.165, 1.54) is 12.1 Å². The molecule has 0 aliphatic rings. The van der Waals surface area contributed by atoms with Crippen LogP contribution in [0.3, 0.4) is 0 Å². The molecule has 0 saturated carbocycles. The number of hydrogen-bond acceptors (Lipinski definition) is 3. The molecule has 1 unspecified atom stereocenters. The molecule has 0 aromatic heterocycles. The molecule has 6 nitrogen and oxygen atoms in total. The summed E-state index contributed by atoms with van der Waals surface area (Å²) in [4.78, 5) is 25.2.